The van der Waals surface area contributed by atoms with Gasteiger partial charge in [-0.3, -0.25) is 0 Å². The highest BCUT2D eigenvalue weighted by Crippen LogP contribution is 2.38. The summed E-state index contributed by atoms with van der Waals surface area (Å²) in [6.45, 7) is 0. The fraction of sp³-hybridized carbons (Fsp3) is 0.273. The SMILES string of the molecule is O=S(=O)(N[C@H]1CC[C@@H](c2ccc(O)cc2O)CC1)c1cccc2ccccc12. The lowest BCUT2D eigenvalue weighted by Crippen LogP contribution is -2.37. The molecule has 0 atom stereocenters. The molecule has 0 bridgehead atoms. The Morgan fingerprint density at radius 2 is 1.57 bits per heavy atom. The van der Waals surface area contributed by atoms with E-state index in [1.165, 1.54) is 6.07 Å². The quantitative estimate of drug-likeness (QED) is 0.614. The van der Waals surface area contributed by atoms with Crippen molar-refractivity contribution in [1.82, 2.24) is 4.72 Å². The molecule has 6 heteroatoms. The lowest BCUT2D eigenvalue weighted by molar-refractivity contribution is 0.363. The molecule has 0 heterocycles. The number of sulfonamides is 1. The minimum atomic E-state index is -3.61. The molecule has 1 aliphatic carbocycles. The van der Waals surface area contributed by atoms with Crippen LogP contribution in [-0.4, -0.2) is 24.7 Å². The topological polar surface area (TPSA) is 86.6 Å². The minimum absolute atomic E-state index is 0.0396. The van der Waals surface area contributed by atoms with E-state index in [4.69, 9.17) is 0 Å². The third kappa shape index (κ3) is 3.70. The third-order valence-corrected chi connectivity index (χ3v) is 7.12. The first kappa shape index (κ1) is 18.8. The van der Waals surface area contributed by atoms with Gasteiger partial charge in [-0.1, -0.05) is 42.5 Å². The monoisotopic (exact) mass is 397 g/mol. The lowest BCUT2D eigenvalue weighted by atomic mass is 9.81. The van der Waals surface area contributed by atoms with E-state index < -0.39 is 10.0 Å². The Hall–Kier alpha value is -2.57. The van der Waals surface area contributed by atoms with Gasteiger partial charge < -0.3 is 10.2 Å². The van der Waals surface area contributed by atoms with Crippen LogP contribution < -0.4 is 4.72 Å². The number of phenols is 2. The van der Waals surface area contributed by atoms with Gasteiger partial charge in [-0.15, -0.1) is 0 Å². The molecule has 146 valence electrons. The zero-order chi connectivity index (χ0) is 19.7. The number of hydrogen-bond acceptors (Lipinski definition) is 4. The second-order valence-corrected chi connectivity index (χ2v) is 9.07. The summed E-state index contributed by atoms with van der Waals surface area (Å²) < 4.78 is 28.8. The van der Waals surface area contributed by atoms with Gasteiger partial charge in [0.25, 0.3) is 0 Å². The molecule has 0 radical (unpaired) electrons. The van der Waals surface area contributed by atoms with Crippen molar-refractivity contribution in [3.63, 3.8) is 0 Å². The van der Waals surface area contributed by atoms with Crippen molar-refractivity contribution in [3.8, 4) is 11.5 Å². The summed E-state index contributed by atoms with van der Waals surface area (Å²) in [7, 11) is -3.61. The maximum Gasteiger partial charge on any atom is 0.241 e. The summed E-state index contributed by atoms with van der Waals surface area (Å²) in [5.74, 6) is 0.302. The fourth-order valence-electron chi connectivity index (χ4n) is 4.11. The first-order valence-electron chi connectivity index (χ1n) is 9.46. The first-order valence-corrected chi connectivity index (χ1v) is 10.9. The van der Waals surface area contributed by atoms with Gasteiger partial charge in [-0.25, -0.2) is 13.1 Å². The van der Waals surface area contributed by atoms with E-state index in [9.17, 15) is 18.6 Å². The molecule has 1 aliphatic rings. The highest BCUT2D eigenvalue weighted by molar-refractivity contribution is 7.89. The largest absolute Gasteiger partial charge is 0.508 e. The molecule has 3 aromatic rings. The van der Waals surface area contributed by atoms with Gasteiger partial charge in [0.2, 0.25) is 10.0 Å². The number of aromatic hydroxyl groups is 2. The minimum Gasteiger partial charge on any atom is -0.508 e. The van der Waals surface area contributed by atoms with E-state index >= 15 is 0 Å². The molecule has 3 aromatic carbocycles. The van der Waals surface area contributed by atoms with Crippen LogP contribution in [0.3, 0.4) is 0 Å². The maximum atomic E-state index is 13.0. The van der Waals surface area contributed by atoms with Crippen LogP contribution in [-0.2, 0) is 10.0 Å². The lowest BCUT2D eigenvalue weighted by Gasteiger charge is -2.29. The van der Waals surface area contributed by atoms with Crippen molar-refractivity contribution >= 4 is 20.8 Å². The molecule has 0 unspecified atom stereocenters. The van der Waals surface area contributed by atoms with Crippen LogP contribution in [0, 0.1) is 0 Å². The van der Waals surface area contributed by atoms with Gasteiger partial charge >= 0.3 is 0 Å². The van der Waals surface area contributed by atoms with Crippen molar-refractivity contribution in [2.75, 3.05) is 0 Å². The smallest absolute Gasteiger partial charge is 0.241 e. The number of fused-ring (bicyclic) bond motifs is 1. The molecule has 0 spiro atoms. The van der Waals surface area contributed by atoms with E-state index in [1.807, 2.05) is 30.3 Å². The zero-order valence-corrected chi connectivity index (χ0v) is 16.2. The van der Waals surface area contributed by atoms with Gasteiger partial charge in [-0.2, -0.15) is 0 Å². The summed E-state index contributed by atoms with van der Waals surface area (Å²) in [6.07, 6.45) is 2.96. The molecule has 28 heavy (non-hydrogen) atoms. The van der Waals surface area contributed by atoms with Gasteiger partial charge in [-0.05, 0) is 54.7 Å². The average molecular weight is 397 g/mol. The Morgan fingerprint density at radius 3 is 2.32 bits per heavy atom. The first-order chi connectivity index (χ1) is 13.4. The number of benzene rings is 3. The number of rotatable bonds is 4. The summed E-state index contributed by atoms with van der Waals surface area (Å²) in [5.41, 5.74) is 0.813. The van der Waals surface area contributed by atoms with Crippen molar-refractivity contribution in [2.24, 2.45) is 0 Å². The summed E-state index contributed by atoms with van der Waals surface area (Å²) in [4.78, 5) is 0.309. The number of nitrogens with one attached hydrogen (secondary N) is 1. The van der Waals surface area contributed by atoms with Crippen LogP contribution in [0.2, 0.25) is 0 Å². The molecule has 3 N–H and O–H groups in total. The highest BCUT2D eigenvalue weighted by atomic mass is 32.2. The maximum absolute atomic E-state index is 13.0. The van der Waals surface area contributed by atoms with E-state index in [2.05, 4.69) is 4.72 Å². The van der Waals surface area contributed by atoms with Gasteiger partial charge in [0, 0.05) is 17.5 Å². The molecule has 0 saturated heterocycles. The predicted molar refractivity (Wildman–Crippen MR) is 109 cm³/mol. The molecular weight excluding hydrogens is 374 g/mol. The molecule has 0 amide bonds. The standard InChI is InChI=1S/C22H23NO4S/c24-18-12-13-19(21(25)14-18)16-8-10-17(11-9-16)23-28(26,27)22-7-3-5-15-4-1-2-6-20(15)22/h1-7,12-14,16-17,23-25H,8-11H2/t16-,17+. The van der Waals surface area contributed by atoms with Crippen molar-refractivity contribution in [1.29, 1.82) is 0 Å². The Bertz CT molecular complexity index is 1100. The molecule has 1 fully saturated rings. The van der Waals surface area contributed by atoms with Gasteiger partial charge in [0.15, 0.2) is 0 Å². The number of hydrogen-bond donors (Lipinski definition) is 3. The van der Waals surface area contributed by atoms with Crippen LogP contribution in [0.5, 0.6) is 11.5 Å². The van der Waals surface area contributed by atoms with E-state index in [0.717, 1.165) is 29.2 Å². The van der Waals surface area contributed by atoms with Crippen LogP contribution in [0.15, 0.2) is 65.6 Å². The molecule has 5 nitrogen and oxygen atoms in total. The Balaban J connectivity index is 1.48. The van der Waals surface area contributed by atoms with Gasteiger partial charge in [0.05, 0.1) is 4.90 Å². The average Bonchev–Trinajstić information content (AvgIpc) is 2.68. The molecule has 0 aromatic heterocycles. The number of phenolic OH excluding ortho intramolecular Hbond substituents is 2. The summed E-state index contributed by atoms with van der Waals surface area (Å²) in [5, 5.41) is 21.1. The summed E-state index contributed by atoms with van der Waals surface area (Å²) in [6, 6.07) is 17.3. The second kappa shape index (κ2) is 7.45. The normalized spacial score (nSPS) is 20.3. The Labute approximate surface area is 164 Å². The van der Waals surface area contributed by atoms with Crippen LogP contribution in [0.1, 0.15) is 37.2 Å². The van der Waals surface area contributed by atoms with Crippen molar-refractivity contribution in [3.05, 3.63) is 66.2 Å². The zero-order valence-electron chi connectivity index (χ0n) is 15.4. The Kier molecular flexibility index (Phi) is 5.00. The van der Waals surface area contributed by atoms with Gasteiger partial charge in [0.1, 0.15) is 11.5 Å². The molecule has 4 rings (SSSR count). The highest BCUT2D eigenvalue weighted by Gasteiger charge is 2.28. The van der Waals surface area contributed by atoms with Crippen LogP contribution in [0.25, 0.3) is 10.8 Å². The Morgan fingerprint density at radius 1 is 0.857 bits per heavy atom. The predicted octanol–water partition coefficient (Wildman–Crippen LogP) is 4.26. The van der Waals surface area contributed by atoms with E-state index in [-0.39, 0.29) is 23.5 Å². The van der Waals surface area contributed by atoms with Crippen LogP contribution in [0.4, 0.5) is 0 Å². The third-order valence-electron chi connectivity index (χ3n) is 5.54. The second-order valence-electron chi connectivity index (χ2n) is 7.39. The van der Waals surface area contributed by atoms with Crippen LogP contribution >= 0.6 is 0 Å². The molecule has 0 aliphatic heterocycles. The van der Waals surface area contributed by atoms with E-state index in [0.29, 0.717) is 17.7 Å². The van der Waals surface area contributed by atoms with Crippen molar-refractivity contribution < 1.29 is 18.6 Å². The fourth-order valence-corrected chi connectivity index (χ4v) is 5.65. The van der Waals surface area contributed by atoms with E-state index in [1.54, 1.807) is 24.3 Å². The summed E-state index contributed by atoms with van der Waals surface area (Å²) >= 11 is 0. The molecular formula is C22H23NO4S. The molecule has 1 saturated carbocycles. The van der Waals surface area contributed by atoms with Crippen molar-refractivity contribution in [2.45, 2.75) is 42.5 Å².